The van der Waals surface area contributed by atoms with Crippen molar-refractivity contribution in [2.45, 2.75) is 57.9 Å². The van der Waals surface area contributed by atoms with Gasteiger partial charge in [-0.05, 0) is 57.1 Å². The molecule has 1 aromatic rings. The first-order valence-electron chi connectivity index (χ1n) is 10.8. The number of hydrogen-bond acceptors (Lipinski definition) is 5. The lowest BCUT2D eigenvalue weighted by Crippen LogP contribution is -2.51. The Labute approximate surface area is 162 Å². The fraction of sp³-hybridized carbons (Fsp3) is 0.762. The van der Waals surface area contributed by atoms with E-state index in [0.29, 0.717) is 11.9 Å². The zero-order valence-corrected chi connectivity index (χ0v) is 16.6. The molecular weight excluding hydrogens is 338 g/mol. The molecule has 3 fully saturated rings. The first kappa shape index (κ1) is 18.7. The van der Waals surface area contributed by atoms with Crippen molar-refractivity contribution >= 4 is 11.9 Å². The Bertz CT molecular complexity index is 620. The highest BCUT2D eigenvalue weighted by molar-refractivity contribution is 5.79. The molecule has 6 heteroatoms. The van der Waals surface area contributed by atoms with Crippen molar-refractivity contribution in [1.82, 2.24) is 19.8 Å². The standard InChI is InChI=1S/C21H33N5O/c1-2-17-14-22-21(23-15-17)25-12-7-19(8-13-25)26-11-5-6-18(16-26)20(27)24-9-3-4-10-24/h14-15,18-19H,2-13,16H2,1H3/t18-/m1/s1. The highest BCUT2D eigenvalue weighted by atomic mass is 16.2. The summed E-state index contributed by atoms with van der Waals surface area (Å²) in [5.41, 5.74) is 1.19. The highest BCUT2D eigenvalue weighted by Gasteiger charge is 2.34. The Morgan fingerprint density at radius 1 is 1.00 bits per heavy atom. The molecule has 0 saturated carbocycles. The number of carbonyl (C=O) groups is 1. The molecule has 0 aliphatic carbocycles. The van der Waals surface area contributed by atoms with Crippen LogP contribution in [0.5, 0.6) is 0 Å². The molecule has 0 aromatic carbocycles. The zero-order valence-electron chi connectivity index (χ0n) is 16.6. The van der Waals surface area contributed by atoms with Crippen LogP contribution >= 0.6 is 0 Å². The van der Waals surface area contributed by atoms with Gasteiger partial charge in [-0.3, -0.25) is 9.69 Å². The van der Waals surface area contributed by atoms with E-state index in [1.165, 1.54) is 18.4 Å². The van der Waals surface area contributed by atoms with Crippen LogP contribution in [-0.4, -0.2) is 71.0 Å². The fourth-order valence-electron chi connectivity index (χ4n) is 4.86. The molecular formula is C21H33N5O. The van der Waals surface area contributed by atoms with Crippen molar-refractivity contribution in [3.63, 3.8) is 0 Å². The maximum absolute atomic E-state index is 12.8. The lowest BCUT2D eigenvalue weighted by molar-refractivity contribution is -0.136. The molecule has 27 heavy (non-hydrogen) atoms. The van der Waals surface area contributed by atoms with Crippen LogP contribution in [0.25, 0.3) is 0 Å². The fourth-order valence-corrected chi connectivity index (χ4v) is 4.86. The Morgan fingerprint density at radius 3 is 2.37 bits per heavy atom. The van der Waals surface area contributed by atoms with Crippen LogP contribution in [0.2, 0.25) is 0 Å². The molecule has 1 aromatic heterocycles. The molecule has 0 N–H and O–H groups in total. The van der Waals surface area contributed by atoms with Gasteiger partial charge in [-0.15, -0.1) is 0 Å². The first-order chi connectivity index (χ1) is 13.2. The van der Waals surface area contributed by atoms with Gasteiger partial charge in [0, 0.05) is 51.2 Å². The normalized spacial score (nSPS) is 25.1. The summed E-state index contributed by atoms with van der Waals surface area (Å²) in [6.07, 6.45) is 11.8. The molecule has 3 aliphatic rings. The number of nitrogens with zero attached hydrogens (tertiary/aromatic N) is 5. The van der Waals surface area contributed by atoms with Crippen molar-refractivity contribution in [2.24, 2.45) is 5.92 Å². The quantitative estimate of drug-likeness (QED) is 0.813. The van der Waals surface area contributed by atoms with Gasteiger partial charge in [-0.2, -0.15) is 0 Å². The minimum atomic E-state index is 0.222. The number of aryl methyl sites for hydroxylation is 1. The maximum Gasteiger partial charge on any atom is 0.226 e. The van der Waals surface area contributed by atoms with Gasteiger partial charge in [-0.1, -0.05) is 6.92 Å². The second-order valence-electron chi connectivity index (χ2n) is 8.33. The molecule has 4 heterocycles. The summed E-state index contributed by atoms with van der Waals surface area (Å²) in [4.78, 5) is 28.9. The Balaban J connectivity index is 1.30. The van der Waals surface area contributed by atoms with Gasteiger partial charge in [0.1, 0.15) is 0 Å². The number of likely N-dealkylation sites (tertiary alicyclic amines) is 2. The van der Waals surface area contributed by atoms with E-state index >= 15 is 0 Å². The van der Waals surface area contributed by atoms with E-state index in [2.05, 4.69) is 31.6 Å². The predicted molar refractivity (Wildman–Crippen MR) is 107 cm³/mol. The topological polar surface area (TPSA) is 52.6 Å². The Morgan fingerprint density at radius 2 is 1.70 bits per heavy atom. The molecule has 0 radical (unpaired) electrons. The molecule has 1 amide bonds. The van der Waals surface area contributed by atoms with E-state index in [-0.39, 0.29) is 5.92 Å². The van der Waals surface area contributed by atoms with E-state index in [9.17, 15) is 4.79 Å². The molecule has 0 spiro atoms. The van der Waals surface area contributed by atoms with E-state index in [1.807, 2.05) is 12.4 Å². The smallest absolute Gasteiger partial charge is 0.226 e. The largest absolute Gasteiger partial charge is 0.342 e. The molecule has 6 nitrogen and oxygen atoms in total. The van der Waals surface area contributed by atoms with Crippen molar-refractivity contribution in [3.05, 3.63) is 18.0 Å². The van der Waals surface area contributed by atoms with Gasteiger partial charge in [0.15, 0.2) is 0 Å². The van der Waals surface area contributed by atoms with E-state index in [4.69, 9.17) is 0 Å². The minimum Gasteiger partial charge on any atom is -0.342 e. The molecule has 0 unspecified atom stereocenters. The molecule has 148 valence electrons. The number of hydrogen-bond donors (Lipinski definition) is 0. The van der Waals surface area contributed by atoms with Gasteiger partial charge >= 0.3 is 0 Å². The van der Waals surface area contributed by atoms with E-state index in [1.54, 1.807) is 0 Å². The van der Waals surface area contributed by atoms with Crippen molar-refractivity contribution < 1.29 is 4.79 Å². The van der Waals surface area contributed by atoms with Crippen LogP contribution < -0.4 is 4.90 Å². The van der Waals surface area contributed by atoms with Crippen LogP contribution in [0, 0.1) is 5.92 Å². The number of amides is 1. The van der Waals surface area contributed by atoms with Gasteiger partial charge in [0.25, 0.3) is 0 Å². The number of carbonyl (C=O) groups excluding carboxylic acids is 1. The van der Waals surface area contributed by atoms with E-state index in [0.717, 1.165) is 77.3 Å². The summed E-state index contributed by atoms with van der Waals surface area (Å²) in [6.45, 7) is 8.21. The van der Waals surface area contributed by atoms with Crippen LogP contribution in [-0.2, 0) is 11.2 Å². The second-order valence-corrected chi connectivity index (χ2v) is 8.33. The first-order valence-corrected chi connectivity index (χ1v) is 10.8. The van der Waals surface area contributed by atoms with E-state index < -0.39 is 0 Å². The monoisotopic (exact) mass is 371 g/mol. The average molecular weight is 372 g/mol. The van der Waals surface area contributed by atoms with Gasteiger partial charge < -0.3 is 9.80 Å². The molecule has 3 saturated heterocycles. The minimum absolute atomic E-state index is 0.222. The SMILES string of the molecule is CCc1cnc(N2CCC(N3CCC[C@@H](C(=O)N4CCCC4)C3)CC2)nc1. The third kappa shape index (κ3) is 4.26. The third-order valence-corrected chi connectivity index (χ3v) is 6.58. The maximum atomic E-state index is 12.8. The summed E-state index contributed by atoms with van der Waals surface area (Å²) < 4.78 is 0. The van der Waals surface area contributed by atoms with Crippen molar-refractivity contribution in [1.29, 1.82) is 0 Å². The van der Waals surface area contributed by atoms with Crippen LogP contribution in [0.3, 0.4) is 0 Å². The highest BCUT2D eigenvalue weighted by Crippen LogP contribution is 2.27. The molecule has 1 atom stereocenters. The van der Waals surface area contributed by atoms with Crippen molar-refractivity contribution in [3.8, 4) is 0 Å². The molecule has 4 rings (SSSR count). The molecule has 0 bridgehead atoms. The van der Waals surface area contributed by atoms with Crippen LogP contribution in [0.4, 0.5) is 5.95 Å². The summed E-state index contributed by atoms with van der Waals surface area (Å²) in [5.74, 6) is 1.50. The van der Waals surface area contributed by atoms with Gasteiger partial charge in [0.2, 0.25) is 11.9 Å². The summed E-state index contributed by atoms with van der Waals surface area (Å²) in [5, 5.41) is 0. The summed E-state index contributed by atoms with van der Waals surface area (Å²) in [7, 11) is 0. The third-order valence-electron chi connectivity index (χ3n) is 6.58. The summed E-state index contributed by atoms with van der Waals surface area (Å²) in [6, 6.07) is 0.602. The lowest BCUT2D eigenvalue weighted by Gasteiger charge is -2.42. The van der Waals surface area contributed by atoms with Crippen molar-refractivity contribution in [2.75, 3.05) is 44.2 Å². The zero-order chi connectivity index (χ0) is 18.6. The average Bonchev–Trinajstić information content (AvgIpc) is 3.28. The second kappa shape index (κ2) is 8.55. The van der Waals surface area contributed by atoms with Gasteiger partial charge in [0.05, 0.1) is 5.92 Å². The Hall–Kier alpha value is -1.69. The Kier molecular flexibility index (Phi) is 5.91. The number of rotatable bonds is 4. The number of piperidine rings is 2. The summed E-state index contributed by atoms with van der Waals surface area (Å²) >= 11 is 0. The van der Waals surface area contributed by atoms with Crippen LogP contribution in [0.15, 0.2) is 12.4 Å². The number of aromatic nitrogens is 2. The predicted octanol–water partition coefficient (Wildman–Crippen LogP) is 2.34. The molecule has 3 aliphatic heterocycles. The lowest BCUT2D eigenvalue weighted by atomic mass is 9.93. The van der Waals surface area contributed by atoms with Gasteiger partial charge in [-0.25, -0.2) is 9.97 Å². The van der Waals surface area contributed by atoms with Crippen LogP contribution in [0.1, 0.15) is 51.0 Å². The number of anilines is 1.